The summed E-state index contributed by atoms with van der Waals surface area (Å²) in [7, 11) is 0. The predicted molar refractivity (Wildman–Crippen MR) is 43.2 cm³/mol. The summed E-state index contributed by atoms with van der Waals surface area (Å²) < 4.78 is 5.17. The maximum Gasteiger partial charge on any atom is 0.143 e. The van der Waals surface area contributed by atoms with Gasteiger partial charge in [-0.25, -0.2) is 0 Å². The molecule has 0 radical (unpaired) electrons. The molecule has 0 saturated carbocycles. The molecule has 2 rings (SSSR count). The first kappa shape index (κ1) is 6.65. The average molecular weight is 149 g/mol. The monoisotopic (exact) mass is 149 g/mol. The number of aromatic nitrogens is 1. The number of hydrogen-bond donors (Lipinski definition) is 0. The van der Waals surface area contributed by atoms with Gasteiger partial charge < -0.3 is 4.52 Å². The molecule has 2 nitrogen and oxygen atoms in total. The minimum absolute atomic E-state index is 0.937. The van der Waals surface area contributed by atoms with Crippen LogP contribution in [0.4, 0.5) is 0 Å². The van der Waals surface area contributed by atoms with Gasteiger partial charge in [0, 0.05) is 12.0 Å². The van der Waals surface area contributed by atoms with E-state index in [9.17, 15) is 0 Å². The number of fused-ring (bicyclic) bond motifs is 1. The van der Waals surface area contributed by atoms with Gasteiger partial charge >= 0.3 is 0 Å². The average Bonchev–Trinajstić information content (AvgIpc) is 2.47. The molecule has 11 heavy (non-hydrogen) atoms. The Hall–Kier alpha value is -1.05. The van der Waals surface area contributed by atoms with Crippen molar-refractivity contribution >= 4 is 6.08 Å². The smallest absolute Gasteiger partial charge is 0.143 e. The minimum atomic E-state index is 0.937. The molecule has 1 heterocycles. The lowest BCUT2D eigenvalue weighted by Crippen LogP contribution is -1.92. The van der Waals surface area contributed by atoms with Crippen molar-refractivity contribution in [2.75, 3.05) is 0 Å². The molecule has 0 N–H and O–H groups in total. The molecule has 1 aliphatic rings. The number of allylic oxidation sites excluding steroid dienone is 1. The van der Waals surface area contributed by atoms with E-state index in [0.29, 0.717) is 0 Å². The van der Waals surface area contributed by atoms with E-state index in [2.05, 4.69) is 24.2 Å². The first-order valence-electron chi connectivity index (χ1n) is 4.05. The van der Waals surface area contributed by atoms with E-state index in [-0.39, 0.29) is 0 Å². The fraction of sp³-hybridized carbons (Fsp3) is 0.444. The molecule has 0 aromatic carbocycles. The molecule has 1 aromatic heterocycles. The van der Waals surface area contributed by atoms with Crippen molar-refractivity contribution in [1.82, 2.24) is 5.16 Å². The molecule has 0 unspecified atom stereocenters. The fourth-order valence-electron chi connectivity index (χ4n) is 1.42. The zero-order chi connectivity index (χ0) is 7.68. The second kappa shape index (κ2) is 2.53. The van der Waals surface area contributed by atoms with E-state index >= 15 is 0 Å². The highest BCUT2D eigenvalue weighted by Crippen LogP contribution is 2.22. The summed E-state index contributed by atoms with van der Waals surface area (Å²) in [6, 6.07) is 0. The number of rotatable bonds is 1. The van der Waals surface area contributed by atoms with Crippen molar-refractivity contribution in [1.29, 1.82) is 0 Å². The largest absolute Gasteiger partial charge is 0.361 e. The van der Waals surface area contributed by atoms with Crippen LogP contribution >= 0.6 is 0 Å². The molecule has 1 aliphatic carbocycles. The molecule has 0 bridgehead atoms. The zero-order valence-electron chi connectivity index (χ0n) is 6.63. The minimum Gasteiger partial charge on any atom is -0.361 e. The van der Waals surface area contributed by atoms with Gasteiger partial charge in [-0.1, -0.05) is 24.2 Å². The molecule has 0 fully saturated rings. The van der Waals surface area contributed by atoms with Crippen LogP contribution in [0.1, 0.15) is 30.4 Å². The van der Waals surface area contributed by atoms with Crippen molar-refractivity contribution in [3.8, 4) is 0 Å². The lowest BCUT2D eigenvalue weighted by atomic mass is 10.0. The summed E-state index contributed by atoms with van der Waals surface area (Å²) in [4.78, 5) is 0. The van der Waals surface area contributed by atoms with Crippen molar-refractivity contribution in [3.63, 3.8) is 0 Å². The molecule has 58 valence electrons. The van der Waals surface area contributed by atoms with Gasteiger partial charge in [-0.2, -0.15) is 0 Å². The van der Waals surface area contributed by atoms with Crippen LogP contribution in [-0.2, 0) is 12.8 Å². The third-order valence-electron chi connectivity index (χ3n) is 2.03. The molecule has 2 heteroatoms. The molecule has 0 amide bonds. The van der Waals surface area contributed by atoms with Crippen molar-refractivity contribution in [2.45, 2.75) is 26.2 Å². The Morgan fingerprint density at radius 3 is 3.36 bits per heavy atom. The second-order valence-corrected chi connectivity index (χ2v) is 2.76. The van der Waals surface area contributed by atoms with Crippen LogP contribution in [0.5, 0.6) is 0 Å². The zero-order valence-corrected chi connectivity index (χ0v) is 6.63. The first-order chi connectivity index (χ1) is 5.42. The Bertz CT molecular complexity index is 286. The Balaban J connectivity index is 2.48. The van der Waals surface area contributed by atoms with Gasteiger partial charge in [-0.05, 0) is 12.8 Å². The number of nitrogens with zero attached hydrogens (tertiary/aromatic N) is 1. The molecule has 1 aromatic rings. The summed E-state index contributed by atoms with van der Waals surface area (Å²) in [5.41, 5.74) is 2.35. The third-order valence-corrected chi connectivity index (χ3v) is 2.03. The molecule has 0 spiro atoms. The molecule has 0 atom stereocenters. The molecular weight excluding hydrogens is 138 g/mol. The Morgan fingerprint density at radius 2 is 2.55 bits per heavy atom. The summed E-state index contributed by atoms with van der Waals surface area (Å²) in [6.45, 7) is 2.09. The highest BCUT2D eigenvalue weighted by atomic mass is 16.5. The van der Waals surface area contributed by atoms with Crippen LogP contribution < -0.4 is 0 Å². The van der Waals surface area contributed by atoms with Crippen LogP contribution in [0, 0.1) is 0 Å². The van der Waals surface area contributed by atoms with E-state index in [4.69, 9.17) is 4.52 Å². The topological polar surface area (TPSA) is 26.0 Å². The lowest BCUT2D eigenvalue weighted by Gasteiger charge is -2.00. The van der Waals surface area contributed by atoms with E-state index < -0.39 is 0 Å². The van der Waals surface area contributed by atoms with E-state index in [1.807, 2.05) is 0 Å². The van der Waals surface area contributed by atoms with Gasteiger partial charge in [0.15, 0.2) is 0 Å². The van der Waals surface area contributed by atoms with Gasteiger partial charge in [-0.3, -0.25) is 0 Å². The van der Waals surface area contributed by atoms with Gasteiger partial charge in [0.2, 0.25) is 0 Å². The quantitative estimate of drug-likeness (QED) is 0.611. The van der Waals surface area contributed by atoms with Crippen LogP contribution in [0.3, 0.4) is 0 Å². The Morgan fingerprint density at radius 1 is 1.64 bits per heavy atom. The van der Waals surface area contributed by atoms with Crippen molar-refractivity contribution < 1.29 is 4.52 Å². The lowest BCUT2D eigenvalue weighted by molar-refractivity contribution is 0.380. The summed E-state index contributed by atoms with van der Waals surface area (Å²) in [6.07, 6.45) is 7.37. The number of hydrogen-bond acceptors (Lipinski definition) is 2. The third kappa shape index (κ3) is 0.985. The van der Waals surface area contributed by atoms with Gasteiger partial charge in [0.25, 0.3) is 0 Å². The van der Waals surface area contributed by atoms with Gasteiger partial charge in [0.1, 0.15) is 5.76 Å². The van der Waals surface area contributed by atoms with Crippen LogP contribution in [0.15, 0.2) is 10.6 Å². The summed E-state index contributed by atoms with van der Waals surface area (Å²) in [5, 5.41) is 4.00. The summed E-state index contributed by atoms with van der Waals surface area (Å²) in [5.74, 6) is 1.02. The van der Waals surface area contributed by atoms with E-state index in [1.165, 1.54) is 5.56 Å². The van der Waals surface area contributed by atoms with Gasteiger partial charge in [0.05, 0.1) is 5.69 Å². The van der Waals surface area contributed by atoms with Crippen LogP contribution in [0.2, 0.25) is 0 Å². The van der Waals surface area contributed by atoms with Gasteiger partial charge in [-0.15, -0.1) is 0 Å². The maximum atomic E-state index is 5.17. The highest BCUT2D eigenvalue weighted by Gasteiger charge is 2.13. The second-order valence-electron chi connectivity index (χ2n) is 2.76. The van der Waals surface area contributed by atoms with Crippen LogP contribution in [0.25, 0.3) is 6.08 Å². The standard InChI is InChI=1S/C9H11NO/c1-2-9-7-5-3-4-6-8(7)10-11-9/h3,5H,2,4,6H2,1H3. The van der Waals surface area contributed by atoms with E-state index in [1.54, 1.807) is 0 Å². The fourth-order valence-corrected chi connectivity index (χ4v) is 1.42. The Labute approximate surface area is 65.9 Å². The SMILES string of the molecule is CCc1onc2c1C=CCC2. The Kier molecular flexibility index (Phi) is 1.53. The highest BCUT2D eigenvalue weighted by molar-refractivity contribution is 5.55. The predicted octanol–water partition coefficient (Wildman–Crippen LogP) is 2.20. The molecule has 0 saturated heterocycles. The first-order valence-corrected chi connectivity index (χ1v) is 4.05. The molecule has 0 aliphatic heterocycles. The number of aryl methyl sites for hydroxylation is 2. The summed E-state index contributed by atoms with van der Waals surface area (Å²) >= 11 is 0. The van der Waals surface area contributed by atoms with Crippen molar-refractivity contribution in [2.24, 2.45) is 0 Å². The van der Waals surface area contributed by atoms with Crippen LogP contribution in [-0.4, -0.2) is 5.16 Å². The molecular formula is C9H11NO. The van der Waals surface area contributed by atoms with Crippen molar-refractivity contribution in [3.05, 3.63) is 23.1 Å². The maximum absolute atomic E-state index is 5.17. The van der Waals surface area contributed by atoms with E-state index in [0.717, 1.165) is 30.7 Å². The normalized spacial score (nSPS) is 15.0.